The van der Waals surface area contributed by atoms with Crippen molar-refractivity contribution in [3.05, 3.63) is 29.2 Å². The highest BCUT2D eigenvalue weighted by Gasteiger charge is 2.31. The molecule has 2 fully saturated rings. The number of aromatic nitrogens is 3. The van der Waals surface area contributed by atoms with E-state index in [0.29, 0.717) is 30.4 Å². The van der Waals surface area contributed by atoms with Crippen LogP contribution in [0, 0.1) is 0 Å². The normalized spacial score (nSPS) is 18.6. The highest BCUT2D eigenvalue weighted by atomic mass is 19.3. The number of hydrogen-bond donors (Lipinski definition) is 0. The lowest BCUT2D eigenvalue weighted by molar-refractivity contribution is 0.0633. The van der Waals surface area contributed by atoms with Crippen LogP contribution in [0.25, 0.3) is 5.65 Å². The Balaban J connectivity index is 1.58. The molecule has 6 nitrogen and oxygen atoms in total. The molecule has 0 unspecified atom stereocenters. The Kier molecular flexibility index (Phi) is 5.31. The third kappa shape index (κ3) is 3.50. The van der Waals surface area contributed by atoms with Crippen molar-refractivity contribution in [2.24, 2.45) is 0 Å². The van der Waals surface area contributed by atoms with Gasteiger partial charge in [-0.3, -0.25) is 4.79 Å². The van der Waals surface area contributed by atoms with E-state index < -0.39 is 6.43 Å². The molecule has 4 rings (SSSR count). The number of likely N-dealkylation sites (tertiary alicyclic amines) is 1. The largest absolute Gasteiger partial charge is 0.338 e. The first-order chi connectivity index (χ1) is 13.5. The van der Waals surface area contributed by atoms with Gasteiger partial charge in [0, 0.05) is 30.7 Å². The quantitative estimate of drug-likeness (QED) is 0.756. The number of rotatable bonds is 6. The minimum Gasteiger partial charge on any atom is -0.338 e. The molecule has 1 amide bonds. The Morgan fingerprint density at radius 2 is 1.89 bits per heavy atom. The summed E-state index contributed by atoms with van der Waals surface area (Å²) >= 11 is 0. The maximum atomic E-state index is 13.5. The fourth-order valence-electron chi connectivity index (χ4n) is 4.24. The molecule has 0 radical (unpaired) electrons. The molecule has 152 valence electrons. The lowest BCUT2D eigenvalue weighted by Crippen LogP contribution is -2.46. The SMILES string of the molecule is CCN(CC)C1CCN(C(=O)c2cnn3c(C(F)F)cc(C4CC4)nc23)CC1. The van der Waals surface area contributed by atoms with Crippen LogP contribution in [0.1, 0.15) is 73.6 Å². The van der Waals surface area contributed by atoms with Crippen LogP contribution < -0.4 is 0 Å². The third-order valence-corrected chi connectivity index (χ3v) is 6.05. The number of carbonyl (C=O) groups excluding carboxylic acids is 1. The Hall–Kier alpha value is -2.09. The van der Waals surface area contributed by atoms with Crippen molar-refractivity contribution in [3.8, 4) is 0 Å². The minimum absolute atomic E-state index is 0.159. The van der Waals surface area contributed by atoms with Crippen molar-refractivity contribution in [1.29, 1.82) is 0 Å². The van der Waals surface area contributed by atoms with Gasteiger partial charge >= 0.3 is 0 Å². The maximum Gasteiger partial charge on any atom is 0.280 e. The highest BCUT2D eigenvalue weighted by molar-refractivity contribution is 5.99. The Labute approximate surface area is 163 Å². The summed E-state index contributed by atoms with van der Waals surface area (Å²) in [4.78, 5) is 21.9. The van der Waals surface area contributed by atoms with Gasteiger partial charge in [0.25, 0.3) is 12.3 Å². The molecule has 3 heterocycles. The van der Waals surface area contributed by atoms with Crippen LogP contribution in [-0.4, -0.2) is 62.5 Å². The van der Waals surface area contributed by atoms with Crippen LogP contribution >= 0.6 is 0 Å². The maximum absolute atomic E-state index is 13.5. The summed E-state index contributed by atoms with van der Waals surface area (Å²) in [5.41, 5.74) is 1.05. The molecule has 2 aromatic heterocycles. The van der Waals surface area contributed by atoms with Crippen LogP contribution in [0.3, 0.4) is 0 Å². The summed E-state index contributed by atoms with van der Waals surface area (Å²) < 4.78 is 28.2. The molecule has 1 saturated heterocycles. The third-order valence-electron chi connectivity index (χ3n) is 6.05. The summed E-state index contributed by atoms with van der Waals surface area (Å²) in [6.45, 7) is 7.66. The zero-order chi connectivity index (χ0) is 19.8. The van der Waals surface area contributed by atoms with Crippen molar-refractivity contribution in [1.82, 2.24) is 24.4 Å². The molecule has 28 heavy (non-hydrogen) atoms. The summed E-state index contributed by atoms with van der Waals surface area (Å²) in [5.74, 6) is 0.0684. The molecule has 0 aromatic carbocycles. The van der Waals surface area contributed by atoms with E-state index in [9.17, 15) is 13.6 Å². The fourth-order valence-corrected chi connectivity index (χ4v) is 4.24. The van der Waals surface area contributed by atoms with Crippen molar-refractivity contribution < 1.29 is 13.6 Å². The molecule has 1 aliphatic carbocycles. The van der Waals surface area contributed by atoms with E-state index in [0.717, 1.165) is 43.3 Å². The second-order valence-electron chi connectivity index (χ2n) is 7.72. The van der Waals surface area contributed by atoms with E-state index in [1.807, 2.05) is 4.90 Å². The van der Waals surface area contributed by atoms with Gasteiger partial charge in [0.2, 0.25) is 0 Å². The van der Waals surface area contributed by atoms with Gasteiger partial charge in [0.05, 0.1) is 6.20 Å². The average Bonchev–Trinajstić information content (AvgIpc) is 3.47. The summed E-state index contributed by atoms with van der Waals surface area (Å²) in [5, 5.41) is 4.06. The molecular weight excluding hydrogens is 364 g/mol. The average molecular weight is 391 g/mol. The number of amides is 1. The van der Waals surface area contributed by atoms with Crippen molar-refractivity contribution >= 4 is 11.6 Å². The number of fused-ring (bicyclic) bond motifs is 1. The molecule has 0 bridgehead atoms. The molecule has 0 spiro atoms. The van der Waals surface area contributed by atoms with Gasteiger partial charge in [-0.1, -0.05) is 13.8 Å². The van der Waals surface area contributed by atoms with Crippen LogP contribution in [0.5, 0.6) is 0 Å². The second-order valence-corrected chi connectivity index (χ2v) is 7.72. The van der Waals surface area contributed by atoms with E-state index in [1.165, 1.54) is 12.3 Å². The fraction of sp³-hybridized carbons (Fsp3) is 0.650. The van der Waals surface area contributed by atoms with Gasteiger partial charge in [-0.25, -0.2) is 18.3 Å². The van der Waals surface area contributed by atoms with Gasteiger partial charge in [0.1, 0.15) is 11.3 Å². The Morgan fingerprint density at radius 1 is 1.21 bits per heavy atom. The highest BCUT2D eigenvalue weighted by Crippen LogP contribution is 2.40. The molecule has 2 aromatic rings. The Bertz CT molecular complexity index is 852. The first kappa shape index (κ1) is 19.2. The zero-order valence-electron chi connectivity index (χ0n) is 16.4. The standard InChI is InChI=1S/C20H27F2N5O/c1-3-25(4-2)14-7-9-26(10-8-14)20(28)15-12-23-27-17(18(21)22)11-16(13-5-6-13)24-19(15)27/h11-14,18H,3-10H2,1-2H3. The number of hydrogen-bond acceptors (Lipinski definition) is 4. The monoisotopic (exact) mass is 391 g/mol. The topological polar surface area (TPSA) is 53.7 Å². The van der Waals surface area contributed by atoms with Gasteiger partial charge in [-0.2, -0.15) is 5.10 Å². The van der Waals surface area contributed by atoms with Crippen LogP contribution in [-0.2, 0) is 0 Å². The Morgan fingerprint density at radius 3 is 2.46 bits per heavy atom. The van der Waals surface area contributed by atoms with E-state index >= 15 is 0 Å². The van der Waals surface area contributed by atoms with Crippen molar-refractivity contribution in [3.63, 3.8) is 0 Å². The van der Waals surface area contributed by atoms with Crippen molar-refractivity contribution in [2.75, 3.05) is 26.2 Å². The predicted octanol–water partition coefficient (Wildman–Crippen LogP) is 3.49. The first-order valence-corrected chi connectivity index (χ1v) is 10.2. The van der Waals surface area contributed by atoms with E-state index in [-0.39, 0.29) is 23.2 Å². The molecule has 0 atom stereocenters. The van der Waals surface area contributed by atoms with Crippen LogP contribution in [0.4, 0.5) is 8.78 Å². The van der Waals surface area contributed by atoms with E-state index in [2.05, 4.69) is 28.8 Å². The summed E-state index contributed by atoms with van der Waals surface area (Å²) in [7, 11) is 0. The van der Waals surface area contributed by atoms with Gasteiger partial charge < -0.3 is 9.80 Å². The van der Waals surface area contributed by atoms with Crippen molar-refractivity contribution in [2.45, 2.75) is 57.9 Å². The molecule has 0 N–H and O–H groups in total. The molecule has 8 heteroatoms. The van der Waals surface area contributed by atoms with E-state index in [4.69, 9.17) is 0 Å². The molecular formula is C20H27F2N5O. The number of carbonyl (C=O) groups is 1. The molecule has 1 aliphatic heterocycles. The van der Waals surface area contributed by atoms with Gasteiger partial charge in [0.15, 0.2) is 5.65 Å². The lowest BCUT2D eigenvalue weighted by atomic mass is 10.0. The lowest BCUT2D eigenvalue weighted by Gasteiger charge is -2.37. The summed E-state index contributed by atoms with van der Waals surface area (Å²) in [6, 6.07) is 1.93. The van der Waals surface area contributed by atoms with E-state index in [1.54, 1.807) is 0 Å². The molecule has 1 saturated carbocycles. The minimum atomic E-state index is -2.66. The predicted molar refractivity (Wildman–Crippen MR) is 102 cm³/mol. The number of nitrogens with zero attached hydrogens (tertiary/aromatic N) is 5. The first-order valence-electron chi connectivity index (χ1n) is 10.2. The number of halogens is 2. The van der Waals surface area contributed by atoms with Crippen LogP contribution in [0.2, 0.25) is 0 Å². The van der Waals surface area contributed by atoms with Gasteiger partial charge in [-0.15, -0.1) is 0 Å². The second kappa shape index (κ2) is 7.73. The number of piperidine rings is 1. The van der Waals surface area contributed by atoms with Gasteiger partial charge in [-0.05, 0) is 44.8 Å². The smallest absolute Gasteiger partial charge is 0.280 e. The summed E-state index contributed by atoms with van der Waals surface area (Å²) in [6.07, 6.45) is 2.51. The van der Waals surface area contributed by atoms with Crippen LogP contribution in [0.15, 0.2) is 12.3 Å². The molecule has 2 aliphatic rings. The number of alkyl halides is 2. The zero-order valence-corrected chi connectivity index (χ0v) is 16.4.